The van der Waals surface area contributed by atoms with Gasteiger partial charge in [-0.05, 0) is 6.07 Å². The monoisotopic (exact) mass is 297 g/mol. The highest BCUT2D eigenvalue weighted by atomic mass is 16.6. The summed E-state index contributed by atoms with van der Waals surface area (Å²) < 4.78 is 6.92. The van der Waals surface area contributed by atoms with Crippen LogP contribution in [0.25, 0.3) is 10.9 Å². The van der Waals surface area contributed by atoms with E-state index in [4.69, 9.17) is 4.74 Å². The Bertz CT molecular complexity index is 818. The lowest BCUT2D eigenvalue weighted by Crippen LogP contribution is -2.04. The van der Waals surface area contributed by atoms with Crippen molar-refractivity contribution in [3.05, 3.63) is 41.9 Å². The van der Waals surface area contributed by atoms with Crippen LogP contribution < -0.4 is 0 Å². The second-order valence-corrected chi connectivity index (χ2v) is 5.43. The van der Waals surface area contributed by atoms with Crippen LogP contribution in [-0.4, -0.2) is 43.7 Å². The molecule has 2 aromatic heterocycles. The Morgan fingerprint density at radius 1 is 1.41 bits per heavy atom. The molecule has 7 nitrogen and oxygen atoms in total. The van der Waals surface area contributed by atoms with Crippen LogP contribution in [0.2, 0.25) is 0 Å². The number of rotatable bonds is 6. The number of nitrogens with one attached hydrogen (secondary N) is 1. The fourth-order valence-electron chi connectivity index (χ4n) is 2.46. The number of benzene rings is 1. The van der Waals surface area contributed by atoms with Crippen LogP contribution in [-0.2, 0) is 17.7 Å². The standard InChI is InChI=1S/C15H15N5O2/c21-14(15-12-3-1-2-4-13(12)17-18-15)6-5-10-7-20(19-16-10)8-11-9-22-11/h1-4,7,11H,5-6,8-9H2,(H,17,18)/t11-/m1/s1. The Morgan fingerprint density at radius 3 is 3.14 bits per heavy atom. The van der Waals surface area contributed by atoms with Crippen LogP contribution in [0, 0.1) is 0 Å². The van der Waals surface area contributed by atoms with Crippen LogP contribution in [0.5, 0.6) is 0 Å². The molecule has 3 heterocycles. The topological polar surface area (TPSA) is 89.0 Å². The van der Waals surface area contributed by atoms with E-state index < -0.39 is 0 Å². The third kappa shape index (κ3) is 2.62. The maximum Gasteiger partial charge on any atom is 0.184 e. The van der Waals surface area contributed by atoms with E-state index in [0.29, 0.717) is 18.5 Å². The number of fused-ring (bicyclic) bond motifs is 1. The van der Waals surface area contributed by atoms with Crippen molar-refractivity contribution in [1.29, 1.82) is 0 Å². The molecule has 0 amide bonds. The Balaban J connectivity index is 1.42. The molecule has 1 aliphatic rings. The number of ketones is 1. The van der Waals surface area contributed by atoms with Gasteiger partial charge in [0.1, 0.15) is 11.8 Å². The van der Waals surface area contributed by atoms with E-state index in [-0.39, 0.29) is 11.9 Å². The van der Waals surface area contributed by atoms with Crippen LogP contribution >= 0.6 is 0 Å². The fraction of sp³-hybridized carbons (Fsp3) is 0.333. The molecule has 1 N–H and O–H groups in total. The van der Waals surface area contributed by atoms with Crippen LogP contribution in [0.1, 0.15) is 22.6 Å². The smallest absolute Gasteiger partial charge is 0.184 e. The molecule has 1 aromatic carbocycles. The van der Waals surface area contributed by atoms with Gasteiger partial charge in [-0.2, -0.15) is 5.10 Å². The summed E-state index contributed by atoms with van der Waals surface area (Å²) in [4.78, 5) is 12.3. The summed E-state index contributed by atoms with van der Waals surface area (Å²) in [7, 11) is 0. The van der Waals surface area contributed by atoms with Crippen molar-refractivity contribution >= 4 is 16.7 Å². The molecular formula is C15H15N5O2. The van der Waals surface area contributed by atoms with E-state index in [0.717, 1.165) is 29.7 Å². The van der Waals surface area contributed by atoms with E-state index >= 15 is 0 Å². The molecule has 3 aromatic rings. The minimum Gasteiger partial charge on any atom is -0.371 e. The minimum atomic E-state index is 0.0116. The van der Waals surface area contributed by atoms with Crippen molar-refractivity contribution in [3.63, 3.8) is 0 Å². The summed E-state index contributed by atoms with van der Waals surface area (Å²) in [5.74, 6) is 0.0116. The van der Waals surface area contributed by atoms with Gasteiger partial charge in [-0.1, -0.05) is 23.4 Å². The zero-order valence-electron chi connectivity index (χ0n) is 11.9. The normalized spacial score (nSPS) is 17.0. The molecule has 112 valence electrons. The first-order valence-corrected chi connectivity index (χ1v) is 7.26. The van der Waals surface area contributed by atoms with Gasteiger partial charge in [-0.25, -0.2) is 4.68 Å². The van der Waals surface area contributed by atoms with Gasteiger partial charge in [0.25, 0.3) is 0 Å². The number of hydrogen-bond donors (Lipinski definition) is 1. The van der Waals surface area contributed by atoms with Gasteiger partial charge < -0.3 is 4.74 Å². The van der Waals surface area contributed by atoms with Crippen molar-refractivity contribution in [2.75, 3.05) is 6.61 Å². The third-order valence-electron chi connectivity index (χ3n) is 3.72. The van der Waals surface area contributed by atoms with Gasteiger partial charge in [0.2, 0.25) is 0 Å². The summed E-state index contributed by atoms with van der Waals surface area (Å²) in [5.41, 5.74) is 2.18. The Kier molecular flexibility index (Phi) is 3.19. The summed E-state index contributed by atoms with van der Waals surface area (Å²) in [6.45, 7) is 1.52. The molecular weight excluding hydrogens is 282 g/mol. The molecule has 0 saturated carbocycles. The maximum absolute atomic E-state index is 12.3. The molecule has 1 aliphatic heterocycles. The van der Waals surface area contributed by atoms with Gasteiger partial charge in [-0.15, -0.1) is 5.10 Å². The lowest BCUT2D eigenvalue weighted by Gasteiger charge is -1.96. The molecule has 22 heavy (non-hydrogen) atoms. The molecule has 0 aliphatic carbocycles. The number of nitrogens with zero attached hydrogens (tertiary/aromatic N) is 4. The predicted octanol–water partition coefficient (Wildman–Crippen LogP) is 1.37. The van der Waals surface area contributed by atoms with Crippen molar-refractivity contribution in [2.24, 2.45) is 0 Å². The highest BCUT2D eigenvalue weighted by molar-refractivity contribution is 6.05. The molecule has 0 radical (unpaired) electrons. The summed E-state index contributed by atoms with van der Waals surface area (Å²) in [5, 5.41) is 16.0. The van der Waals surface area contributed by atoms with Gasteiger partial charge in [0.05, 0.1) is 24.4 Å². The number of para-hydroxylation sites is 1. The third-order valence-corrected chi connectivity index (χ3v) is 3.72. The van der Waals surface area contributed by atoms with Crippen molar-refractivity contribution in [2.45, 2.75) is 25.5 Å². The van der Waals surface area contributed by atoms with E-state index in [1.807, 2.05) is 30.5 Å². The highest BCUT2D eigenvalue weighted by Gasteiger charge is 2.23. The average Bonchev–Trinajstić information content (AvgIpc) is 3.07. The summed E-state index contributed by atoms with van der Waals surface area (Å²) in [6, 6.07) is 7.62. The number of H-pyrrole nitrogens is 1. The first-order valence-electron chi connectivity index (χ1n) is 7.26. The number of hydrogen-bond acceptors (Lipinski definition) is 5. The maximum atomic E-state index is 12.3. The molecule has 0 spiro atoms. The van der Waals surface area contributed by atoms with Gasteiger partial charge in [0.15, 0.2) is 5.78 Å². The zero-order valence-corrected chi connectivity index (χ0v) is 11.9. The van der Waals surface area contributed by atoms with Gasteiger partial charge in [0, 0.05) is 24.4 Å². The van der Waals surface area contributed by atoms with Crippen LogP contribution in [0.4, 0.5) is 0 Å². The van der Waals surface area contributed by atoms with Gasteiger partial charge in [-0.3, -0.25) is 9.89 Å². The second-order valence-electron chi connectivity index (χ2n) is 5.43. The molecule has 7 heteroatoms. The number of ether oxygens (including phenoxy) is 1. The molecule has 0 bridgehead atoms. The number of carbonyl (C=O) groups is 1. The molecule has 4 rings (SSSR count). The fourth-order valence-corrected chi connectivity index (χ4v) is 2.46. The SMILES string of the molecule is O=C(CCc1cn(C[C@@H]2CO2)nn1)c1n[nH]c2ccccc12. The Morgan fingerprint density at radius 2 is 2.27 bits per heavy atom. The number of aromatic nitrogens is 5. The number of aromatic amines is 1. The lowest BCUT2D eigenvalue weighted by molar-refractivity contribution is 0.0979. The molecule has 0 unspecified atom stereocenters. The molecule has 1 atom stereocenters. The Hall–Kier alpha value is -2.54. The first kappa shape index (κ1) is 13.1. The van der Waals surface area contributed by atoms with Crippen LogP contribution in [0.15, 0.2) is 30.5 Å². The largest absolute Gasteiger partial charge is 0.371 e. The van der Waals surface area contributed by atoms with Gasteiger partial charge >= 0.3 is 0 Å². The van der Waals surface area contributed by atoms with E-state index in [1.165, 1.54) is 0 Å². The van der Waals surface area contributed by atoms with E-state index in [9.17, 15) is 4.79 Å². The average molecular weight is 297 g/mol. The van der Waals surface area contributed by atoms with Crippen LogP contribution in [0.3, 0.4) is 0 Å². The predicted molar refractivity (Wildman–Crippen MR) is 78.5 cm³/mol. The Labute approximate surface area is 126 Å². The molecule has 1 saturated heterocycles. The number of epoxide rings is 1. The lowest BCUT2D eigenvalue weighted by atomic mass is 10.1. The van der Waals surface area contributed by atoms with Crippen molar-refractivity contribution in [1.82, 2.24) is 25.2 Å². The van der Waals surface area contributed by atoms with E-state index in [1.54, 1.807) is 4.68 Å². The van der Waals surface area contributed by atoms with Crippen molar-refractivity contribution < 1.29 is 9.53 Å². The summed E-state index contributed by atoms with van der Waals surface area (Å²) >= 11 is 0. The van der Waals surface area contributed by atoms with Crippen molar-refractivity contribution in [3.8, 4) is 0 Å². The number of aryl methyl sites for hydroxylation is 1. The van der Waals surface area contributed by atoms with E-state index in [2.05, 4.69) is 20.5 Å². The minimum absolute atomic E-state index is 0.0116. The summed E-state index contributed by atoms with van der Waals surface area (Å²) in [6.07, 6.45) is 3.07. The number of Topliss-reactive ketones (excluding diaryl/α,β-unsaturated/α-hetero) is 1. The first-order chi connectivity index (χ1) is 10.8. The number of carbonyl (C=O) groups excluding carboxylic acids is 1. The highest BCUT2D eigenvalue weighted by Crippen LogP contribution is 2.17. The second kappa shape index (κ2) is 5.34. The quantitative estimate of drug-likeness (QED) is 0.548. The zero-order chi connectivity index (χ0) is 14.9. The molecule has 1 fully saturated rings.